The largest absolute Gasteiger partial charge is 0.144 e. The van der Waals surface area contributed by atoms with Crippen LogP contribution in [0.3, 0.4) is 0 Å². The third-order valence-electron chi connectivity index (χ3n) is 1.44. The van der Waals surface area contributed by atoms with Gasteiger partial charge in [-0.25, -0.2) is 0 Å². The second kappa shape index (κ2) is 2.84. The molecule has 1 heterocycles. The normalized spacial score (nSPS) is 9.30. The monoisotopic (exact) mass is 150 g/mol. The molecule has 0 saturated carbocycles. The molecule has 0 amide bonds. The minimum Gasteiger partial charge on any atom is -0.144 e. The molecule has 0 aliphatic carbocycles. The van der Waals surface area contributed by atoms with Crippen molar-refractivity contribution in [3.8, 4) is 0 Å². The minimum atomic E-state index is 1.22. The van der Waals surface area contributed by atoms with Crippen LogP contribution in [0.25, 0.3) is 12.2 Å². The van der Waals surface area contributed by atoms with E-state index in [-0.39, 0.29) is 0 Å². The zero-order valence-corrected chi connectivity index (χ0v) is 6.87. The Morgan fingerprint density at radius 2 is 2.10 bits per heavy atom. The molecule has 0 bridgehead atoms. The molecule has 0 N–H and O–H groups in total. The summed E-state index contributed by atoms with van der Waals surface area (Å²) < 4.78 is 0. The lowest BCUT2D eigenvalue weighted by Crippen LogP contribution is -1.72. The highest BCUT2D eigenvalue weighted by Gasteiger charge is 1.99. The van der Waals surface area contributed by atoms with Crippen LogP contribution in [0, 0.1) is 6.92 Å². The van der Waals surface area contributed by atoms with Crippen molar-refractivity contribution in [1.82, 2.24) is 0 Å². The van der Waals surface area contributed by atoms with Crippen molar-refractivity contribution in [2.24, 2.45) is 0 Å². The van der Waals surface area contributed by atoms with E-state index in [0.29, 0.717) is 0 Å². The molecule has 10 heavy (non-hydrogen) atoms. The van der Waals surface area contributed by atoms with E-state index in [4.69, 9.17) is 0 Å². The molecule has 1 aromatic rings. The first-order valence-electron chi connectivity index (χ1n) is 3.12. The predicted molar refractivity (Wildman–Crippen MR) is 49.2 cm³/mol. The van der Waals surface area contributed by atoms with Crippen LogP contribution in [0.1, 0.15) is 16.0 Å². The van der Waals surface area contributed by atoms with Crippen molar-refractivity contribution in [3.05, 3.63) is 34.5 Å². The molecular weight excluding hydrogens is 140 g/mol. The van der Waals surface area contributed by atoms with Crippen LogP contribution in [-0.4, -0.2) is 0 Å². The Balaban J connectivity index is 3.25. The van der Waals surface area contributed by atoms with Gasteiger partial charge in [0.05, 0.1) is 0 Å². The van der Waals surface area contributed by atoms with Crippen LogP contribution in [0.15, 0.2) is 18.5 Å². The highest BCUT2D eigenvalue weighted by molar-refractivity contribution is 7.11. The highest BCUT2D eigenvalue weighted by Crippen LogP contribution is 2.23. The Bertz CT molecular complexity index is 256. The maximum absolute atomic E-state index is 3.73. The maximum Gasteiger partial charge on any atom is 0.0339 e. The van der Waals surface area contributed by atoms with Crippen molar-refractivity contribution < 1.29 is 0 Å². The molecule has 0 unspecified atom stereocenters. The molecule has 0 atom stereocenters. The Labute approximate surface area is 65.5 Å². The molecule has 1 heteroatoms. The molecule has 0 saturated heterocycles. The number of thiophene rings is 1. The fraction of sp³-hybridized carbons (Fsp3) is 0.111. The van der Waals surface area contributed by atoms with Crippen LogP contribution >= 0.6 is 11.3 Å². The molecule has 1 rings (SSSR count). The minimum absolute atomic E-state index is 1.22. The summed E-state index contributed by atoms with van der Waals surface area (Å²) in [6, 6.07) is 0. The third kappa shape index (κ3) is 1.05. The Hall–Kier alpha value is -0.820. The molecule has 1 aromatic heterocycles. The van der Waals surface area contributed by atoms with Gasteiger partial charge < -0.3 is 0 Å². The molecule has 0 fully saturated rings. The molecular formula is C9H10S. The van der Waals surface area contributed by atoms with Gasteiger partial charge in [-0.05, 0) is 23.4 Å². The zero-order valence-electron chi connectivity index (χ0n) is 6.05. The SMILES string of the molecule is C=Cc1scc(C)c1C=C. The molecule has 0 aliphatic heterocycles. The Morgan fingerprint density at radius 3 is 2.50 bits per heavy atom. The van der Waals surface area contributed by atoms with Gasteiger partial charge in [-0.1, -0.05) is 25.3 Å². The van der Waals surface area contributed by atoms with Gasteiger partial charge >= 0.3 is 0 Å². The van der Waals surface area contributed by atoms with E-state index in [9.17, 15) is 0 Å². The van der Waals surface area contributed by atoms with E-state index in [2.05, 4.69) is 25.5 Å². The van der Waals surface area contributed by atoms with E-state index in [1.54, 1.807) is 11.3 Å². The first kappa shape index (κ1) is 7.29. The molecule has 0 spiro atoms. The predicted octanol–water partition coefficient (Wildman–Crippen LogP) is 3.34. The molecule has 0 aromatic carbocycles. The number of hydrogen-bond donors (Lipinski definition) is 0. The molecule has 0 aliphatic rings. The van der Waals surface area contributed by atoms with Crippen molar-refractivity contribution in [1.29, 1.82) is 0 Å². The van der Waals surface area contributed by atoms with Crippen LogP contribution in [0.5, 0.6) is 0 Å². The summed E-state index contributed by atoms with van der Waals surface area (Å²) in [6.07, 6.45) is 3.75. The van der Waals surface area contributed by atoms with Gasteiger partial charge in [-0.2, -0.15) is 0 Å². The Morgan fingerprint density at radius 1 is 1.40 bits per heavy atom. The van der Waals surface area contributed by atoms with E-state index in [0.717, 1.165) is 0 Å². The van der Waals surface area contributed by atoms with Crippen molar-refractivity contribution in [2.75, 3.05) is 0 Å². The molecule has 0 radical (unpaired) electrons. The summed E-state index contributed by atoms with van der Waals surface area (Å²) in [5, 5.41) is 2.12. The van der Waals surface area contributed by atoms with E-state index in [1.165, 1.54) is 16.0 Å². The summed E-state index contributed by atoms with van der Waals surface area (Å²) in [5.74, 6) is 0. The van der Waals surface area contributed by atoms with Crippen molar-refractivity contribution in [2.45, 2.75) is 6.92 Å². The first-order chi connectivity index (χ1) is 4.79. The van der Waals surface area contributed by atoms with Gasteiger partial charge in [0.25, 0.3) is 0 Å². The van der Waals surface area contributed by atoms with Crippen molar-refractivity contribution in [3.63, 3.8) is 0 Å². The maximum atomic E-state index is 3.73. The summed E-state index contributed by atoms with van der Waals surface area (Å²) >= 11 is 1.71. The van der Waals surface area contributed by atoms with Crippen LogP contribution < -0.4 is 0 Å². The lowest BCUT2D eigenvalue weighted by molar-refractivity contribution is 1.52. The number of hydrogen-bond acceptors (Lipinski definition) is 1. The van der Waals surface area contributed by atoms with E-state index >= 15 is 0 Å². The fourth-order valence-corrected chi connectivity index (χ4v) is 1.79. The van der Waals surface area contributed by atoms with Crippen LogP contribution in [0.2, 0.25) is 0 Å². The molecule has 52 valence electrons. The third-order valence-corrected chi connectivity index (χ3v) is 2.55. The zero-order chi connectivity index (χ0) is 7.56. The van der Waals surface area contributed by atoms with Gasteiger partial charge in [-0.3, -0.25) is 0 Å². The average Bonchev–Trinajstić information content (AvgIpc) is 2.30. The standard InChI is InChI=1S/C9H10S/c1-4-8-7(3)6-10-9(8)5-2/h4-6H,1-2H2,3H3. The average molecular weight is 150 g/mol. The first-order valence-corrected chi connectivity index (χ1v) is 4.00. The molecule has 0 nitrogen and oxygen atoms in total. The van der Waals surface area contributed by atoms with Crippen LogP contribution in [0.4, 0.5) is 0 Å². The summed E-state index contributed by atoms with van der Waals surface area (Å²) in [7, 11) is 0. The van der Waals surface area contributed by atoms with Gasteiger partial charge in [0.1, 0.15) is 0 Å². The fourth-order valence-electron chi connectivity index (χ4n) is 0.893. The quantitative estimate of drug-likeness (QED) is 0.606. The smallest absolute Gasteiger partial charge is 0.0339 e. The summed E-state index contributed by atoms with van der Waals surface area (Å²) in [4.78, 5) is 1.22. The number of rotatable bonds is 2. The summed E-state index contributed by atoms with van der Waals surface area (Å²) in [6.45, 7) is 9.53. The van der Waals surface area contributed by atoms with Gasteiger partial charge in [0.2, 0.25) is 0 Å². The van der Waals surface area contributed by atoms with E-state index < -0.39 is 0 Å². The summed E-state index contributed by atoms with van der Waals surface area (Å²) in [5.41, 5.74) is 2.51. The topological polar surface area (TPSA) is 0 Å². The number of aryl methyl sites for hydroxylation is 1. The Kier molecular flexibility index (Phi) is 2.07. The lowest BCUT2D eigenvalue weighted by Gasteiger charge is -1.90. The second-order valence-corrected chi connectivity index (χ2v) is 3.02. The van der Waals surface area contributed by atoms with Crippen LogP contribution in [-0.2, 0) is 0 Å². The van der Waals surface area contributed by atoms with Crippen molar-refractivity contribution >= 4 is 23.5 Å². The highest BCUT2D eigenvalue weighted by atomic mass is 32.1. The van der Waals surface area contributed by atoms with Gasteiger partial charge in [0, 0.05) is 4.88 Å². The van der Waals surface area contributed by atoms with Gasteiger partial charge in [-0.15, -0.1) is 11.3 Å². The van der Waals surface area contributed by atoms with Gasteiger partial charge in [0.15, 0.2) is 0 Å². The second-order valence-electron chi connectivity index (χ2n) is 2.10. The van der Waals surface area contributed by atoms with E-state index in [1.807, 2.05) is 12.2 Å². The lowest BCUT2D eigenvalue weighted by atomic mass is 10.2.